The van der Waals surface area contributed by atoms with E-state index in [1.54, 1.807) is 62.4 Å². The number of carbonyl (C=O) groups is 4. The quantitative estimate of drug-likeness (QED) is 0.0918. The van der Waals surface area contributed by atoms with Crippen LogP contribution in [-0.4, -0.2) is 36.7 Å². The molecule has 2 aromatic carbocycles. The Bertz CT molecular complexity index is 1160. The van der Waals surface area contributed by atoms with E-state index in [1.807, 2.05) is 0 Å². The van der Waals surface area contributed by atoms with Crippen LogP contribution in [0.15, 0.2) is 83.1 Å². The summed E-state index contributed by atoms with van der Waals surface area (Å²) in [6, 6.07) is 14.2. The van der Waals surface area contributed by atoms with Crippen LogP contribution in [0.3, 0.4) is 0 Å². The van der Waals surface area contributed by atoms with Crippen molar-refractivity contribution in [3.8, 4) is 0 Å². The van der Waals surface area contributed by atoms with Crippen molar-refractivity contribution in [2.45, 2.75) is 65.2 Å². The van der Waals surface area contributed by atoms with E-state index in [0.717, 1.165) is 38.5 Å². The molecule has 4 amide bonds. The Kier molecular flexibility index (Phi) is 15.0. The van der Waals surface area contributed by atoms with Crippen molar-refractivity contribution in [3.05, 3.63) is 72.8 Å². The zero-order valence-electron chi connectivity index (χ0n) is 24.6. The van der Waals surface area contributed by atoms with Gasteiger partial charge in [-0.25, -0.2) is 0 Å². The molecule has 0 unspecified atom stereocenters. The second kappa shape index (κ2) is 18.7. The summed E-state index contributed by atoms with van der Waals surface area (Å²) in [5, 5.41) is 19.8. The number of amides is 4. The molecule has 0 aliphatic carbocycles. The molecule has 10 heteroatoms. The first-order chi connectivity index (χ1) is 20.1. The number of azo groups is 1. The molecule has 0 bridgehead atoms. The van der Waals surface area contributed by atoms with E-state index in [9.17, 15) is 19.2 Å². The summed E-state index contributed by atoms with van der Waals surface area (Å²) >= 11 is 0. The minimum absolute atomic E-state index is 0.0631. The number of rotatable bonds is 18. The summed E-state index contributed by atoms with van der Waals surface area (Å²) in [6.07, 6.45) is 5.59. The van der Waals surface area contributed by atoms with Crippen molar-refractivity contribution in [1.29, 1.82) is 0 Å². The molecule has 0 heterocycles. The lowest BCUT2D eigenvalue weighted by atomic mass is 10.2. The molecule has 224 valence electrons. The highest BCUT2D eigenvalue weighted by Crippen LogP contribution is 2.22. The molecule has 0 radical (unpaired) electrons. The maximum absolute atomic E-state index is 12.2. The standard InChI is InChI=1S/C32H42N6O4/c1-23(2)31(41)33-21-9-5-7-11-29(39)35-25-13-17-27(18-14-25)37-38-28-19-15-26(16-20-28)36-30(40)12-8-6-10-22-34-32(42)24(3)4/h13-20H,1,3,5-12,21-22H2,2,4H3,(H,33,41)(H,34,42)(H,35,39)(H,36,40). The molecule has 0 aliphatic heterocycles. The molecule has 0 saturated carbocycles. The fraction of sp³-hybridized carbons (Fsp3) is 0.375. The van der Waals surface area contributed by atoms with Crippen molar-refractivity contribution in [1.82, 2.24) is 10.6 Å². The second-order valence-corrected chi connectivity index (χ2v) is 10.1. The average molecular weight is 575 g/mol. The summed E-state index contributed by atoms with van der Waals surface area (Å²) in [6.45, 7) is 11.7. The van der Waals surface area contributed by atoms with Crippen LogP contribution in [0.4, 0.5) is 22.7 Å². The van der Waals surface area contributed by atoms with Gasteiger partial charge in [0, 0.05) is 48.5 Å². The van der Waals surface area contributed by atoms with Gasteiger partial charge in [-0.2, -0.15) is 10.2 Å². The van der Waals surface area contributed by atoms with Crippen LogP contribution in [-0.2, 0) is 19.2 Å². The van der Waals surface area contributed by atoms with Crippen LogP contribution in [0.2, 0.25) is 0 Å². The van der Waals surface area contributed by atoms with Gasteiger partial charge in [-0.1, -0.05) is 26.0 Å². The monoisotopic (exact) mass is 574 g/mol. The minimum atomic E-state index is -0.141. The fourth-order valence-corrected chi connectivity index (χ4v) is 3.67. The molecule has 0 atom stereocenters. The average Bonchev–Trinajstić information content (AvgIpc) is 2.96. The first kappa shape index (κ1) is 33.6. The third kappa shape index (κ3) is 14.2. The minimum Gasteiger partial charge on any atom is -0.352 e. The Morgan fingerprint density at radius 3 is 1.26 bits per heavy atom. The lowest BCUT2D eigenvalue weighted by Gasteiger charge is -2.07. The Morgan fingerprint density at radius 1 is 0.571 bits per heavy atom. The normalized spacial score (nSPS) is 10.6. The zero-order valence-corrected chi connectivity index (χ0v) is 24.6. The van der Waals surface area contributed by atoms with E-state index in [4.69, 9.17) is 0 Å². The van der Waals surface area contributed by atoms with Crippen LogP contribution in [0.25, 0.3) is 0 Å². The van der Waals surface area contributed by atoms with Crippen molar-refractivity contribution in [2.75, 3.05) is 23.7 Å². The number of nitrogens with zero attached hydrogens (tertiary/aromatic N) is 2. The molecular formula is C32H42N6O4. The predicted molar refractivity (Wildman–Crippen MR) is 167 cm³/mol. The van der Waals surface area contributed by atoms with Crippen LogP contribution in [0.5, 0.6) is 0 Å². The van der Waals surface area contributed by atoms with Crippen molar-refractivity contribution in [3.63, 3.8) is 0 Å². The third-order valence-corrected chi connectivity index (χ3v) is 6.09. The third-order valence-electron chi connectivity index (χ3n) is 6.09. The highest BCUT2D eigenvalue weighted by Gasteiger charge is 2.05. The van der Waals surface area contributed by atoms with Gasteiger partial charge in [0.1, 0.15) is 0 Å². The lowest BCUT2D eigenvalue weighted by Crippen LogP contribution is -2.24. The largest absolute Gasteiger partial charge is 0.352 e. The second-order valence-electron chi connectivity index (χ2n) is 10.1. The summed E-state index contributed by atoms with van der Waals surface area (Å²) in [5.74, 6) is -0.408. The van der Waals surface area contributed by atoms with Gasteiger partial charge < -0.3 is 21.3 Å². The Morgan fingerprint density at radius 2 is 0.929 bits per heavy atom. The number of nitrogens with one attached hydrogen (secondary N) is 4. The maximum atomic E-state index is 12.2. The van der Waals surface area contributed by atoms with Gasteiger partial charge in [-0.15, -0.1) is 0 Å². The number of hydrogen-bond donors (Lipinski definition) is 4. The molecule has 0 aromatic heterocycles. The Hall–Kier alpha value is -4.60. The van der Waals surface area contributed by atoms with E-state index in [-0.39, 0.29) is 23.6 Å². The van der Waals surface area contributed by atoms with Gasteiger partial charge >= 0.3 is 0 Å². The lowest BCUT2D eigenvalue weighted by molar-refractivity contribution is -0.118. The first-order valence-electron chi connectivity index (χ1n) is 14.2. The molecule has 0 fully saturated rings. The summed E-state index contributed by atoms with van der Waals surface area (Å²) < 4.78 is 0. The van der Waals surface area contributed by atoms with Crippen molar-refractivity contribution < 1.29 is 19.2 Å². The fourth-order valence-electron chi connectivity index (χ4n) is 3.67. The van der Waals surface area contributed by atoms with Crippen LogP contribution >= 0.6 is 0 Å². The zero-order chi connectivity index (χ0) is 30.7. The number of hydrogen-bond acceptors (Lipinski definition) is 6. The summed E-state index contributed by atoms with van der Waals surface area (Å²) in [4.78, 5) is 47.2. The topological polar surface area (TPSA) is 141 Å². The van der Waals surface area contributed by atoms with Crippen LogP contribution < -0.4 is 21.3 Å². The molecule has 0 spiro atoms. The van der Waals surface area contributed by atoms with Gasteiger partial charge in [0.15, 0.2) is 0 Å². The van der Waals surface area contributed by atoms with Gasteiger partial charge in [0.2, 0.25) is 23.6 Å². The molecule has 2 aromatic rings. The van der Waals surface area contributed by atoms with E-state index in [2.05, 4.69) is 44.7 Å². The highest BCUT2D eigenvalue weighted by atomic mass is 16.2. The van der Waals surface area contributed by atoms with Crippen LogP contribution in [0.1, 0.15) is 65.2 Å². The number of benzene rings is 2. The van der Waals surface area contributed by atoms with Crippen molar-refractivity contribution in [2.24, 2.45) is 10.2 Å². The number of anilines is 2. The molecule has 2 rings (SSSR count). The predicted octanol–water partition coefficient (Wildman–Crippen LogP) is 6.48. The molecular weight excluding hydrogens is 532 g/mol. The first-order valence-corrected chi connectivity index (χ1v) is 14.2. The number of unbranched alkanes of at least 4 members (excludes halogenated alkanes) is 4. The van der Waals surface area contributed by atoms with Crippen LogP contribution in [0, 0.1) is 0 Å². The molecule has 0 saturated heterocycles. The van der Waals surface area contributed by atoms with Gasteiger partial charge in [0.25, 0.3) is 0 Å². The number of carbonyl (C=O) groups excluding carboxylic acids is 4. The SMILES string of the molecule is C=C(C)C(=O)NCCCCCC(=O)Nc1ccc(N=Nc2ccc(NC(=O)CCCCCNC(=O)C(=C)C)cc2)cc1. The molecule has 10 nitrogen and oxygen atoms in total. The van der Waals surface area contributed by atoms with E-state index < -0.39 is 0 Å². The summed E-state index contributed by atoms with van der Waals surface area (Å²) in [5.41, 5.74) is 3.62. The van der Waals surface area contributed by atoms with E-state index in [1.165, 1.54) is 0 Å². The van der Waals surface area contributed by atoms with Gasteiger partial charge in [-0.05, 0) is 88.1 Å². The smallest absolute Gasteiger partial charge is 0.246 e. The van der Waals surface area contributed by atoms with E-state index >= 15 is 0 Å². The Labute approximate surface area is 248 Å². The van der Waals surface area contributed by atoms with E-state index in [0.29, 0.717) is 59.8 Å². The molecule has 0 aliphatic rings. The molecule has 4 N–H and O–H groups in total. The summed E-state index contributed by atoms with van der Waals surface area (Å²) in [7, 11) is 0. The van der Waals surface area contributed by atoms with Gasteiger partial charge in [0.05, 0.1) is 11.4 Å². The molecule has 42 heavy (non-hydrogen) atoms. The van der Waals surface area contributed by atoms with Gasteiger partial charge in [-0.3, -0.25) is 19.2 Å². The highest BCUT2D eigenvalue weighted by molar-refractivity contribution is 5.93. The Balaban J connectivity index is 1.65. The maximum Gasteiger partial charge on any atom is 0.246 e. The van der Waals surface area contributed by atoms with Crippen molar-refractivity contribution >= 4 is 46.4 Å².